The predicted molar refractivity (Wildman–Crippen MR) is 151 cm³/mol. The summed E-state index contributed by atoms with van der Waals surface area (Å²) < 4.78 is 0. The molecule has 0 aliphatic heterocycles. The fraction of sp³-hybridized carbons (Fsp3) is 0.370. The lowest BCUT2D eigenvalue weighted by molar-refractivity contribution is 0.399. The Labute approximate surface area is 209 Å². The summed E-state index contributed by atoms with van der Waals surface area (Å²) in [6, 6.07) is 10.5. The molecule has 0 bridgehead atoms. The summed E-state index contributed by atoms with van der Waals surface area (Å²) in [4.78, 5) is 18.4. The van der Waals surface area contributed by atoms with Crippen molar-refractivity contribution in [3.05, 3.63) is 59.9 Å². The Kier molecular flexibility index (Phi) is 14.0. The van der Waals surface area contributed by atoms with Crippen LogP contribution in [0, 0.1) is 6.92 Å². The van der Waals surface area contributed by atoms with Crippen LogP contribution in [-0.2, 0) is 0 Å². The number of aliphatic hydroxyl groups is 1. The minimum atomic E-state index is 0.261. The Hall–Kier alpha value is -3.17. The number of nitrogens with one attached hydrogen (secondary N) is 2. The molecule has 35 heavy (non-hydrogen) atoms. The van der Waals surface area contributed by atoms with Crippen molar-refractivity contribution in [1.82, 2.24) is 20.2 Å². The molecule has 0 saturated carbocycles. The van der Waals surface area contributed by atoms with Gasteiger partial charge in [0.05, 0.1) is 12.4 Å². The van der Waals surface area contributed by atoms with E-state index in [0.29, 0.717) is 0 Å². The van der Waals surface area contributed by atoms with Gasteiger partial charge in [0.25, 0.3) is 0 Å². The van der Waals surface area contributed by atoms with Gasteiger partial charge in [0, 0.05) is 54.8 Å². The molecule has 0 radical (unpaired) electrons. The number of nitrogens with zero attached hydrogens (tertiary/aromatic N) is 4. The first-order chi connectivity index (χ1) is 16.9. The van der Waals surface area contributed by atoms with Gasteiger partial charge in [-0.25, -0.2) is 4.98 Å². The highest BCUT2D eigenvalue weighted by molar-refractivity contribution is 6.04. The van der Waals surface area contributed by atoms with Gasteiger partial charge in [0.15, 0.2) is 0 Å². The largest absolute Gasteiger partial charge is 0.400 e. The smallest absolute Gasteiger partial charge is 0.137 e. The number of pyridine rings is 1. The molecule has 8 nitrogen and oxygen atoms in total. The van der Waals surface area contributed by atoms with E-state index in [1.54, 1.807) is 0 Å². The Balaban J connectivity index is 0.000000587. The number of hydrogen-bond donors (Lipinski definition) is 4. The fourth-order valence-electron chi connectivity index (χ4n) is 3.28. The zero-order valence-electron chi connectivity index (χ0n) is 22.0. The van der Waals surface area contributed by atoms with Gasteiger partial charge >= 0.3 is 0 Å². The molecule has 0 aliphatic carbocycles. The van der Waals surface area contributed by atoms with E-state index in [2.05, 4.69) is 88.2 Å². The molecule has 0 unspecified atom stereocenters. The van der Waals surface area contributed by atoms with Crippen molar-refractivity contribution >= 4 is 29.2 Å². The Morgan fingerprint density at radius 1 is 1.26 bits per heavy atom. The van der Waals surface area contributed by atoms with Crippen molar-refractivity contribution in [3.63, 3.8) is 0 Å². The standard InChI is InChI=1S/C21H23N5.C5H14N2.CH4O/c1-4-17(26-13-22)10-20(23-3)19-12-25-21-18(19)9-16(11-24-21)15-7-5-6-14(2)8-15;1-6-4-5-7(2)3;1-2/h5-12H,3-4,13,22H2,1-2H3,(H,24,25);6H,4-5H2,1-3H3;2H,1H3/b20-10-,26-17-;;. The highest BCUT2D eigenvalue weighted by atomic mass is 16.2. The summed E-state index contributed by atoms with van der Waals surface area (Å²) in [5, 5.41) is 11.1. The number of aryl methyl sites for hydroxylation is 1. The monoisotopic (exact) mass is 479 g/mol. The maximum Gasteiger partial charge on any atom is 0.137 e. The molecule has 1 aromatic carbocycles. The van der Waals surface area contributed by atoms with Crippen LogP contribution in [0.5, 0.6) is 0 Å². The molecular formula is C27H41N7O. The number of hydrogen-bond acceptors (Lipinski definition) is 7. The molecule has 3 aromatic rings. The molecule has 0 fully saturated rings. The van der Waals surface area contributed by atoms with Crippen molar-refractivity contribution in [3.8, 4) is 11.1 Å². The lowest BCUT2D eigenvalue weighted by Gasteiger charge is -2.06. The molecule has 2 heterocycles. The third-order valence-corrected chi connectivity index (χ3v) is 5.10. The van der Waals surface area contributed by atoms with Gasteiger partial charge in [0.2, 0.25) is 0 Å². The van der Waals surface area contributed by atoms with Crippen LogP contribution in [0.25, 0.3) is 27.9 Å². The minimum absolute atomic E-state index is 0.261. The maximum absolute atomic E-state index is 7.00. The summed E-state index contributed by atoms with van der Waals surface area (Å²) >= 11 is 0. The molecule has 0 spiro atoms. The van der Waals surface area contributed by atoms with Crippen molar-refractivity contribution in [2.75, 3.05) is 48.0 Å². The van der Waals surface area contributed by atoms with Gasteiger partial charge in [-0.05, 0) is 58.9 Å². The number of aromatic amines is 1. The molecule has 0 atom stereocenters. The van der Waals surface area contributed by atoms with Crippen LogP contribution >= 0.6 is 0 Å². The number of benzene rings is 1. The topological polar surface area (TPSA) is 115 Å². The number of nitrogens with two attached hydrogens (primary N) is 1. The van der Waals surface area contributed by atoms with E-state index in [1.807, 2.05) is 32.4 Å². The first-order valence-electron chi connectivity index (χ1n) is 11.6. The summed E-state index contributed by atoms with van der Waals surface area (Å²) in [6.07, 6.45) is 6.51. The van der Waals surface area contributed by atoms with Gasteiger partial charge < -0.3 is 26.0 Å². The third-order valence-electron chi connectivity index (χ3n) is 5.10. The average Bonchev–Trinajstić information content (AvgIpc) is 3.30. The number of aliphatic imine (C=N–C) groups is 2. The summed E-state index contributed by atoms with van der Waals surface area (Å²) in [5.41, 5.74) is 12.4. The Morgan fingerprint density at radius 2 is 2.00 bits per heavy atom. The molecule has 190 valence electrons. The molecule has 3 rings (SSSR count). The highest BCUT2D eigenvalue weighted by Gasteiger charge is 2.11. The summed E-state index contributed by atoms with van der Waals surface area (Å²) in [5.74, 6) is 0. The van der Waals surface area contributed by atoms with E-state index in [4.69, 9.17) is 10.8 Å². The lowest BCUT2D eigenvalue weighted by atomic mass is 10.0. The fourth-order valence-corrected chi connectivity index (χ4v) is 3.28. The van der Waals surface area contributed by atoms with Crippen LogP contribution < -0.4 is 11.1 Å². The van der Waals surface area contributed by atoms with Gasteiger partial charge in [-0.3, -0.25) is 9.98 Å². The van der Waals surface area contributed by atoms with Crippen LogP contribution in [0.3, 0.4) is 0 Å². The van der Waals surface area contributed by atoms with Gasteiger partial charge in [-0.1, -0.05) is 36.8 Å². The molecule has 0 aliphatic rings. The number of allylic oxidation sites excluding steroid dienone is 1. The van der Waals surface area contributed by atoms with Gasteiger partial charge in [-0.15, -0.1) is 0 Å². The van der Waals surface area contributed by atoms with Crippen LogP contribution in [-0.4, -0.2) is 80.4 Å². The zero-order chi connectivity index (χ0) is 26.2. The molecule has 2 aromatic heterocycles. The van der Waals surface area contributed by atoms with E-state index in [1.165, 1.54) is 5.56 Å². The van der Waals surface area contributed by atoms with Gasteiger partial charge in [-0.2, -0.15) is 0 Å². The number of likely N-dealkylation sites (N-methyl/N-ethyl adjacent to an activating group) is 2. The number of H-pyrrole nitrogens is 1. The predicted octanol–water partition coefficient (Wildman–Crippen LogP) is 3.72. The normalized spacial score (nSPS) is 11.6. The highest BCUT2D eigenvalue weighted by Crippen LogP contribution is 2.29. The van der Waals surface area contributed by atoms with E-state index < -0.39 is 0 Å². The SMILES string of the molecule is C=N/C(=C\C(CC)=N/CN)c1c[nH]c2ncc(-c3cccc(C)c3)cc12.CNCCN(C)C.CO. The van der Waals surface area contributed by atoms with Crippen LogP contribution in [0.4, 0.5) is 0 Å². The Morgan fingerprint density at radius 3 is 2.54 bits per heavy atom. The quantitative estimate of drug-likeness (QED) is 0.349. The van der Waals surface area contributed by atoms with Crippen molar-refractivity contribution in [2.45, 2.75) is 20.3 Å². The molecule has 8 heteroatoms. The van der Waals surface area contributed by atoms with Crippen LogP contribution in [0.2, 0.25) is 0 Å². The summed E-state index contributed by atoms with van der Waals surface area (Å²) in [6.45, 7) is 10.3. The second kappa shape index (κ2) is 16.5. The zero-order valence-corrected chi connectivity index (χ0v) is 22.0. The number of fused-ring (bicyclic) bond motifs is 1. The first-order valence-corrected chi connectivity index (χ1v) is 11.6. The second-order valence-corrected chi connectivity index (χ2v) is 7.97. The van der Waals surface area contributed by atoms with E-state index in [0.717, 1.165) is 65.8 Å². The molecule has 5 N–H and O–H groups in total. The van der Waals surface area contributed by atoms with E-state index in [-0.39, 0.29) is 6.67 Å². The van der Waals surface area contributed by atoms with Crippen molar-refractivity contribution in [1.29, 1.82) is 0 Å². The van der Waals surface area contributed by atoms with Gasteiger partial charge in [0.1, 0.15) is 5.65 Å². The molecule has 0 saturated heterocycles. The minimum Gasteiger partial charge on any atom is -0.400 e. The van der Waals surface area contributed by atoms with Crippen molar-refractivity contribution < 1.29 is 5.11 Å². The van der Waals surface area contributed by atoms with Crippen molar-refractivity contribution in [2.24, 2.45) is 15.7 Å². The molecular weight excluding hydrogens is 438 g/mol. The molecule has 0 amide bonds. The third kappa shape index (κ3) is 9.54. The number of aliphatic hydroxyl groups excluding tert-OH is 1. The van der Waals surface area contributed by atoms with E-state index in [9.17, 15) is 0 Å². The van der Waals surface area contributed by atoms with E-state index >= 15 is 0 Å². The first kappa shape index (κ1) is 29.9. The number of rotatable bonds is 9. The summed E-state index contributed by atoms with van der Waals surface area (Å²) in [7, 11) is 7.10. The number of aromatic nitrogens is 2. The average molecular weight is 480 g/mol. The van der Waals surface area contributed by atoms with Crippen LogP contribution in [0.15, 0.2) is 58.8 Å². The lowest BCUT2D eigenvalue weighted by Crippen LogP contribution is -2.23. The Bertz CT molecular complexity index is 1100. The maximum atomic E-state index is 7.00. The van der Waals surface area contributed by atoms with Crippen LogP contribution in [0.1, 0.15) is 24.5 Å². The second-order valence-electron chi connectivity index (χ2n) is 7.97.